The van der Waals surface area contributed by atoms with E-state index in [2.05, 4.69) is 47.0 Å². The minimum absolute atomic E-state index is 0.787. The number of fused-ring (bicyclic) bond motifs is 1. The largest absolute Gasteiger partial charge is 0.241 e. The molecule has 0 spiro atoms. The summed E-state index contributed by atoms with van der Waals surface area (Å²) in [6.07, 6.45) is 2.83. The van der Waals surface area contributed by atoms with Crippen molar-refractivity contribution in [1.82, 2.24) is 15.0 Å². The predicted octanol–water partition coefficient (Wildman–Crippen LogP) is 3.93. The van der Waals surface area contributed by atoms with Crippen LogP contribution in [0.15, 0.2) is 24.4 Å². The Morgan fingerprint density at radius 3 is 2.79 bits per heavy atom. The molecule has 3 aromatic rings. The molecule has 3 nitrogen and oxygen atoms in total. The maximum Gasteiger partial charge on any atom is 0.159 e. The van der Waals surface area contributed by atoms with Crippen molar-refractivity contribution in [1.29, 1.82) is 0 Å². The monoisotopic (exact) mass is 269 g/mol. The third-order valence-corrected chi connectivity index (χ3v) is 4.12. The van der Waals surface area contributed by atoms with Crippen molar-refractivity contribution < 1.29 is 0 Å². The highest BCUT2D eigenvalue weighted by molar-refractivity contribution is 7.18. The Balaban J connectivity index is 2.12. The van der Waals surface area contributed by atoms with Crippen molar-refractivity contribution in [3.8, 4) is 11.4 Å². The van der Waals surface area contributed by atoms with Crippen LogP contribution in [0.2, 0.25) is 0 Å². The molecule has 0 aliphatic carbocycles. The Kier molecular flexibility index (Phi) is 3.03. The summed E-state index contributed by atoms with van der Waals surface area (Å²) < 4.78 is 1.21. The summed E-state index contributed by atoms with van der Waals surface area (Å²) in [5, 5.41) is 1.09. The van der Waals surface area contributed by atoms with E-state index in [1.54, 1.807) is 11.3 Å². The number of nitrogens with zero attached hydrogens (tertiary/aromatic N) is 3. The first-order valence-corrected chi connectivity index (χ1v) is 7.19. The molecule has 0 saturated carbocycles. The van der Waals surface area contributed by atoms with E-state index in [-0.39, 0.29) is 0 Å². The van der Waals surface area contributed by atoms with Crippen LogP contribution in [-0.2, 0) is 6.42 Å². The van der Waals surface area contributed by atoms with E-state index in [4.69, 9.17) is 0 Å². The lowest BCUT2D eigenvalue weighted by atomic mass is 10.1. The van der Waals surface area contributed by atoms with E-state index < -0.39 is 0 Å². The van der Waals surface area contributed by atoms with Crippen LogP contribution in [0.5, 0.6) is 0 Å². The van der Waals surface area contributed by atoms with Gasteiger partial charge in [0, 0.05) is 17.5 Å². The number of aryl methyl sites for hydroxylation is 3. The van der Waals surface area contributed by atoms with Crippen molar-refractivity contribution in [2.24, 2.45) is 0 Å². The number of hydrogen-bond acceptors (Lipinski definition) is 4. The summed E-state index contributed by atoms with van der Waals surface area (Å²) >= 11 is 1.71. The fraction of sp³-hybridized carbons (Fsp3) is 0.267. The van der Waals surface area contributed by atoms with Crippen molar-refractivity contribution >= 4 is 21.6 Å². The molecule has 19 heavy (non-hydrogen) atoms. The molecule has 0 unspecified atom stereocenters. The molecule has 0 amide bonds. The molecule has 3 rings (SSSR count). The second kappa shape index (κ2) is 4.70. The van der Waals surface area contributed by atoms with Gasteiger partial charge < -0.3 is 0 Å². The molecule has 0 aliphatic heterocycles. The summed E-state index contributed by atoms with van der Waals surface area (Å²) in [5.41, 5.74) is 4.33. The van der Waals surface area contributed by atoms with Gasteiger partial charge in [-0.2, -0.15) is 0 Å². The quantitative estimate of drug-likeness (QED) is 0.707. The lowest BCUT2D eigenvalue weighted by Crippen LogP contribution is -1.97. The maximum absolute atomic E-state index is 4.64. The van der Waals surface area contributed by atoms with Gasteiger partial charge in [0.2, 0.25) is 0 Å². The zero-order valence-electron chi connectivity index (χ0n) is 11.3. The fourth-order valence-electron chi connectivity index (χ4n) is 2.16. The summed E-state index contributed by atoms with van der Waals surface area (Å²) in [7, 11) is 0. The predicted molar refractivity (Wildman–Crippen MR) is 79.5 cm³/mol. The summed E-state index contributed by atoms with van der Waals surface area (Å²) in [5.74, 6) is 0.787. The van der Waals surface area contributed by atoms with Crippen molar-refractivity contribution in [3.05, 3.63) is 40.7 Å². The number of rotatable bonds is 2. The van der Waals surface area contributed by atoms with E-state index in [1.807, 2.05) is 13.1 Å². The fourth-order valence-corrected chi connectivity index (χ4v) is 2.96. The lowest BCUT2D eigenvalue weighted by molar-refractivity contribution is 0.976. The average molecular weight is 269 g/mol. The van der Waals surface area contributed by atoms with Gasteiger partial charge in [-0.15, -0.1) is 11.3 Å². The molecule has 4 heteroatoms. The van der Waals surface area contributed by atoms with E-state index in [0.717, 1.165) is 39.6 Å². The Morgan fingerprint density at radius 1 is 1.16 bits per heavy atom. The van der Waals surface area contributed by atoms with E-state index >= 15 is 0 Å². The number of hydrogen-bond donors (Lipinski definition) is 0. The van der Waals surface area contributed by atoms with Gasteiger partial charge in [-0.1, -0.05) is 6.92 Å². The van der Waals surface area contributed by atoms with Gasteiger partial charge in [0.05, 0.1) is 15.2 Å². The summed E-state index contributed by atoms with van der Waals surface area (Å²) in [4.78, 5) is 13.6. The molecule has 0 radical (unpaired) electrons. The van der Waals surface area contributed by atoms with Gasteiger partial charge >= 0.3 is 0 Å². The van der Waals surface area contributed by atoms with Gasteiger partial charge in [-0.05, 0) is 44.0 Å². The molecule has 96 valence electrons. The second-order valence-corrected chi connectivity index (χ2v) is 5.83. The molecule has 0 N–H and O–H groups in total. The highest BCUT2D eigenvalue weighted by Crippen LogP contribution is 2.26. The zero-order valence-corrected chi connectivity index (χ0v) is 12.1. The van der Waals surface area contributed by atoms with Crippen LogP contribution in [0.25, 0.3) is 21.6 Å². The Bertz CT molecular complexity index is 746. The Labute approximate surface area is 116 Å². The highest BCUT2D eigenvalue weighted by Gasteiger charge is 2.07. The molecular formula is C15H15N3S. The van der Waals surface area contributed by atoms with Crippen LogP contribution in [0.3, 0.4) is 0 Å². The third kappa shape index (κ3) is 2.24. The Hall–Kier alpha value is -1.81. The van der Waals surface area contributed by atoms with Crippen LogP contribution in [0, 0.1) is 13.8 Å². The van der Waals surface area contributed by atoms with Gasteiger partial charge in [0.25, 0.3) is 0 Å². The third-order valence-electron chi connectivity index (χ3n) is 3.16. The molecule has 2 heterocycles. The molecule has 0 atom stereocenters. The molecule has 0 saturated heterocycles. The van der Waals surface area contributed by atoms with E-state index in [0.29, 0.717) is 0 Å². The number of aromatic nitrogens is 3. The van der Waals surface area contributed by atoms with E-state index in [9.17, 15) is 0 Å². The van der Waals surface area contributed by atoms with Gasteiger partial charge in [-0.25, -0.2) is 15.0 Å². The zero-order chi connectivity index (χ0) is 13.4. The van der Waals surface area contributed by atoms with E-state index in [1.165, 1.54) is 4.70 Å². The molecule has 0 bridgehead atoms. The first kappa shape index (κ1) is 12.2. The lowest BCUT2D eigenvalue weighted by Gasteiger charge is -2.05. The van der Waals surface area contributed by atoms with Crippen molar-refractivity contribution in [2.45, 2.75) is 27.2 Å². The molecule has 0 fully saturated rings. The van der Waals surface area contributed by atoms with Crippen LogP contribution in [0.1, 0.15) is 23.2 Å². The topological polar surface area (TPSA) is 38.7 Å². The summed E-state index contributed by atoms with van der Waals surface area (Å²) in [6, 6.07) is 6.25. The molecule has 2 aromatic heterocycles. The minimum Gasteiger partial charge on any atom is -0.241 e. The normalized spacial score (nSPS) is 11.1. The van der Waals surface area contributed by atoms with Crippen LogP contribution in [0.4, 0.5) is 0 Å². The molecule has 1 aromatic carbocycles. The second-order valence-electron chi connectivity index (χ2n) is 4.59. The first-order chi connectivity index (χ1) is 9.17. The SMILES string of the molecule is CCc1nc(-c2ccc3sc(C)nc3c2)ncc1C. The van der Waals surface area contributed by atoms with Crippen LogP contribution >= 0.6 is 11.3 Å². The summed E-state index contributed by atoms with van der Waals surface area (Å²) in [6.45, 7) is 6.20. The van der Waals surface area contributed by atoms with Crippen molar-refractivity contribution in [2.75, 3.05) is 0 Å². The van der Waals surface area contributed by atoms with Gasteiger partial charge in [-0.3, -0.25) is 0 Å². The van der Waals surface area contributed by atoms with Gasteiger partial charge in [0.1, 0.15) is 0 Å². The standard InChI is InChI=1S/C15H15N3S/c1-4-12-9(2)8-16-15(18-12)11-5-6-14-13(7-11)17-10(3)19-14/h5-8H,4H2,1-3H3. The first-order valence-electron chi connectivity index (χ1n) is 6.37. The molecular weight excluding hydrogens is 254 g/mol. The number of thiazole rings is 1. The molecule has 0 aliphatic rings. The number of benzene rings is 1. The smallest absolute Gasteiger partial charge is 0.159 e. The van der Waals surface area contributed by atoms with Gasteiger partial charge in [0.15, 0.2) is 5.82 Å². The van der Waals surface area contributed by atoms with Crippen LogP contribution < -0.4 is 0 Å². The average Bonchev–Trinajstić information content (AvgIpc) is 2.78. The highest BCUT2D eigenvalue weighted by atomic mass is 32.1. The Morgan fingerprint density at radius 2 is 2.00 bits per heavy atom. The maximum atomic E-state index is 4.64. The van der Waals surface area contributed by atoms with Crippen LogP contribution in [-0.4, -0.2) is 15.0 Å². The minimum atomic E-state index is 0.787. The van der Waals surface area contributed by atoms with Crippen molar-refractivity contribution in [3.63, 3.8) is 0 Å².